The quantitative estimate of drug-likeness (QED) is 0.698. The number of thioether (sulfide) groups is 1. The zero-order valence-corrected chi connectivity index (χ0v) is 7.15. The highest BCUT2D eigenvalue weighted by Crippen LogP contribution is 2.19. The maximum atomic E-state index is 8.89. The molecule has 0 aliphatic carbocycles. The van der Waals surface area contributed by atoms with Crippen molar-refractivity contribution in [1.29, 1.82) is 0 Å². The van der Waals surface area contributed by atoms with E-state index in [0.29, 0.717) is 5.75 Å². The van der Waals surface area contributed by atoms with Crippen LogP contribution in [0.5, 0.6) is 0 Å². The Morgan fingerprint density at radius 2 is 2.70 bits per heavy atom. The second-order valence-electron chi connectivity index (χ2n) is 1.86. The lowest BCUT2D eigenvalue weighted by Crippen LogP contribution is -2.01. The van der Waals surface area contributed by atoms with Crippen LogP contribution in [0.25, 0.3) is 0 Å². The fourth-order valence-electron chi connectivity index (χ4n) is 0.418. The third kappa shape index (κ3) is 2.64. The first-order valence-electron chi connectivity index (χ1n) is 2.86. The smallest absolute Gasteiger partial charge is 0.174 e. The summed E-state index contributed by atoms with van der Waals surface area (Å²) in [6.07, 6.45) is -0.270. The Hall–Kier alpha value is -0.130. The molecule has 0 aliphatic heterocycles. The van der Waals surface area contributed by atoms with E-state index in [2.05, 4.69) is 10.2 Å². The minimum absolute atomic E-state index is 0.270. The van der Waals surface area contributed by atoms with Gasteiger partial charge in [-0.05, 0) is 6.92 Å². The highest BCUT2D eigenvalue weighted by atomic mass is 32.2. The summed E-state index contributed by atoms with van der Waals surface area (Å²) >= 11 is 3.02. The molecule has 10 heavy (non-hydrogen) atoms. The van der Waals surface area contributed by atoms with Crippen molar-refractivity contribution in [3.05, 3.63) is 5.51 Å². The predicted molar refractivity (Wildman–Crippen MR) is 42.3 cm³/mol. The lowest BCUT2D eigenvalue weighted by atomic mass is 10.5. The molecule has 0 unspecified atom stereocenters. The average Bonchev–Trinajstić information content (AvgIpc) is 2.34. The van der Waals surface area contributed by atoms with E-state index in [1.54, 1.807) is 12.4 Å². The Bertz CT molecular complexity index is 176. The molecule has 56 valence electrons. The van der Waals surface area contributed by atoms with Crippen molar-refractivity contribution in [2.45, 2.75) is 17.4 Å². The molecule has 5 heteroatoms. The van der Waals surface area contributed by atoms with E-state index in [9.17, 15) is 0 Å². The van der Waals surface area contributed by atoms with E-state index in [0.717, 1.165) is 4.34 Å². The molecule has 0 aliphatic rings. The van der Waals surface area contributed by atoms with Gasteiger partial charge in [0.15, 0.2) is 4.34 Å². The lowest BCUT2D eigenvalue weighted by Gasteiger charge is -1.98. The first-order chi connectivity index (χ1) is 4.79. The molecule has 3 nitrogen and oxygen atoms in total. The van der Waals surface area contributed by atoms with Gasteiger partial charge < -0.3 is 5.11 Å². The number of aromatic nitrogens is 2. The Morgan fingerprint density at radius 3 is 3.20 bits per heavy atom. The molecule has 0 bridgehead atoms. The van der Waals surface area contributed by atoms with Crippen LogP contribution in [0.1, 0.15) is 6.92 Å². The van der Waals surface area contributed by atoms with Gasteiger partial charge in [0.1, 0.15) is 5.51 Å². The largest absolute Gasteiger partial charge is 0.393 e. The minimum atomic E-state index is -0.270. The van der Waals surface area contributed by atoms with Crippen molar-refractivity contribution < 1.29 is 5.11 Å². The van der Waals surface area contributed by atoms with Gasteiger partial charge in [-0.1, -0.05) is 23.1 Å². The molecule has 1 heterocycles. The molecule has 0 aromatic carbocycles. The van der Waals surface area contributed by atoms with E-state index in [-0.39, 0.29) is 6.10 Å². The monoisotopic (exact) mass is 176 g/mol. The van der Waals surface area contributed by atoms with Crippen LogP contribution in [-0.4, -0.2) is 27.2 Å². The van der Waals surface area contributed by atoms with Crippen molar-refractivity contribution in [3.8, 4) is 0 Å². The molecule has 1 aromatic rings. The highest BCUT2D eigenvalue weighted by Gasteiger charge is 1.99. The standard InChI is InChI=1S/C5H8N2OS2/c1-4(8)2-9-5-7-6-3-10-5/h3-4,8H,2H2,1H3/t4-/m1/s1. The van der Waals surface area contributed by atoms with Crippen LogP contribution >= 0.6 is 23.1 Å². The number of hydrogen-bond donors (Lipinski definition) is 1. The fraction of sp³-hybridized carbons (Fsp3) is 0.600. The topological polar surface area (TPSA) is 46.0 Å². The third-order valence-electron chi connectivity index (χ3n) is 0.788. The number of aliphatic hydroxyl groups excluding tert-OH is 1. The van der Waals surface area contributed by atoms with Crippen molar-refractivity contribution >= 4 is 23.1 Å². The Balaban J connectivity index is 2.28. The normalized spacial score (nSPS) is 13.4. The molecular formula is C5H8N2OS2. The van der Waals surface area contributed by atoms with Crippen LogP contribution in [-0.2, 0) is 0 Å². The summed E-state index contributed by atoms with van der Waals surface area (Å²) in [5, 5.41) is 16.4. The third-order valence-corrected chi connectivity index (χ3v) is 2.89. The second-order valence-corrected chi connectivity index (χ2v) is 3.97. The summed E-state index contributed by atoms with van der Waals surface area (Å²) in [5.41, 5.74) is 1.68. The molecule has 1 rings (SSSR count). The van der Waals surface area contributed by atoms with Crippen molar-refractivity contribution in [2.75, 3.05) is 5.75 Å². The fourth-order valence-corrected chi connectivity index (χ4v) is 1.79. The van der Waals surface area contributed by atoms with Gasteiger partial charge in [-0.3, -0.25) is 0 Å². The van der Waals surface area contributed by atoms with Crippen LogP contribution in [0.2, 0.25) is 0 Å². The summed E-state index contributed by atoms with van der Waals surface area (Å²) in [6.45, 7) is 1.76. The SMILES string of the molecule is C[C@@H](O)CSc1nncs1. The van der Waals surface area contributed by atoms with E-state index < -0.39 is 0 Å². The number of nitrogens with zero attached hydrogens (tertiary/aromatic N) is 2. The molecule has 0 saturated carbocycles. The highest BCUT2D eigenvalue weighted by molar-refractivity contribution is 8.01. The first kappa shape index (κ1) is 7.97. The summed E-state index contributed by atoms with van der Waals surface area (Å²) in [4.78, 5) is 0. The maximum Gasteiger partial charge on any atom is 0.174 e. The van der Waals surface area contributed by atoms with Crippen LogP contribution in [0, 0.1) is 0 Å². The van der Waals surface area contributed by atoms with Gasteiger partial charge in [0.05, 0.1) is 6.10 Å². The van der Waals surface area contributed by atoms with E-state index in [4.69, 9.17) is 5.11 Å². The Morgan fingerprint density at radius 1 is 1.90 bits per heavy atom. The molecular weight excluding hydrogens is 168 g/mol. The van der Waals surface area contributed by atoms with Crippen LogP contribution in [0.15, 0.2) is 9.85 Å². The molecule has 1 atom stereocenters. The van der Waals surface area contributed by atoms with Gasteiger partial charge >= 0.3 is 0 Å². The first-order valence-corrected chi connectivity index (χ1v) is 4.72. The summed E-state index contributed by atoms with van der Waals surface area (Å²) < 4.78 is 0.918. The molecule has 0 radical (unpaired) electrons. The summed E-state index contributed by atoms with van der Waals surface area (Å²) in [6, 6.07) is 0. The van der Waals surface area contributed by atoms with Gasteiger partial charge in [-0.2, -0.15) is 0 Å². The molecule has 0 amide bonds. The Kier molecular flexibility index (Phi) is 3.11. The summed E-state index contributed by atoms with van der Waals surface area (Å²) in [7, 11) is 0. The number of rotatable bonds is 3. The second kappa shape index (κ2) is 3.90. The lowest BCUT2D eigenvalue weighted by molar-refractivity contribution is 0.220. The summed E-state index contributed by atoms with van der Waals surface area (Å²) in [5.74, 6) is 0.690. The van der Waals surface area contributed by atoms with Crippen LogP contribution in [0.3, 0.4) is 0 Å². The van der Waals surface area contributed by atoms with Crippen molar-refractivity contribution in [1.82, 2.24) is 10.2 Å². The average molecular weight is 176 g/mol. The van der Waals surface area contributed by atoms with E-state index in [1.165, 1.54) is 23.1 Å². The molecule has 0 spiro atoms. The van der Waals surface area contributed by atoms with Crippen LogP contribution < -0.4 is 0 Å². The molecule has 0 fully saturated rings. The number of hydrogen-bond acceptors (Lipinski definition) is 5. The van der Waals surface area contributed by atoms with E-state index >= 15 is 0 Å². The van der Waals surface area contributed by atoms with E-state index in [1.807, 2.05) is 0 Å². The molecule has 1 aromatic heterocycles. The maximum absolute atomic E-state index is 8.89. The van der Waals surface area contributed by atoms with Crippen LogP contribution in [0.4, 0.5) is 0 Å². The minimum Gasteiger partial charge on any atom is -0.393 e. The van der Waals surface area contributed by atoms with Crippen molar-refractivity contribution in [2.24, 2.45) is 0 Å². The van der Waals surface area contributed by atoms with Gasteiger partial charge in [-0.15, -0.1) is 10.2 Å². The molecule has 1 N–H and O–H groups in total. The van der Waals surface area contributed by atoms with Gasteiger partial charge in [-0.25, -0.2) is 0 Å². The van der Waals surface area contributed by atoms with Gasteiger partial charge in [0, 0.05) is 5.75 Å². The van der Waals surface area contributed by atoms with Gasteiger partial charge in [0.2, 0.25) is 0 Å². The van der Waals surface area contributed by atoms with Crippen molar-refractivity contribution in [3.63, 3.8) is 0 Å². The zero-order chi connectivity index (χ0) is 7.40. The van der Waals surface area contributed by atoms with Gasteiger partial charge in [0.25, 0.3) is 0 Å². The Labute approximate surface area is 67.5 Å². The predicted octanol–water partition coefficient (Wildman–Crippen LogP) is 1.01. The number of aliphatic hydroxyl groups is 1. The zero-order valence-electron chi connectivity index (χ0n) is 5.52. The molecule has 0 saturated heterocycles.